The number of aliphatic imine (C=N–C) groups is 2. The number of aryl methyl sites for hydroxylation is 1. The van der Waals surface area contributed by atoms with Gasteiger partial charge in [0.1, 0.15) is 0 Å². The van der Waals surface area contributed by atoms with Crippen LogP contribution in [0.5, 0.6) is 5.75 Å². The number of hydrogen-bond acceptors (Lipinski definition) is 5. The second kappa shape index (κ2) is 10.1. The molecule has 2 heterocycles. The van der Waals surface area contributed by atoms with Gasteiger partial charge in [-0.3, -0.25) is 20.0 Å². The van der Waals surface area contributed by atoms with Crippen LogP contribution >= 0.6 is 0 Å². The first-order chi connectivity index (χ1) is 13.7. The summed E-state index contributed by atoms with van der Waals surface area (Å²) < 4.78 is 0. The van der Waals surface area contributed by atoms with E-state index in [1.54, 1.807) is 24.8 Å². The summed E-state index contributed by atoms with van der Waals surface area (Å²) in [5, 5.41) is 12.6. The predicted octanol–water partition coefficient (Wildman–Crippen LogP) is 3.18. The van der Waals surface area contributed by atoms with Gasteiger partial charge in [0.25, 0.3) is 0 Å². The zero-order chi connectivity index (χ0) is 19.6. The lowest BCUT2D eigenvalue weighted by Crippen LogP contribution is -2.03. The van der Waals surface area contributed by atoms with E-state index in [2.05, 4.69) is 20.0 Å². The molecule has 5 heteroatoms. The van der Waals surface area contributed by atoms with Gasteiger partial charge in [-0.1, -0.05) is 30.0 Å². The van der Waals surface area contributed by atoms with Gasteiger partial charge in [-0.05, 0) is 47.9 Å². The zero-order valence-electron chi connectivity index (χ0n) is 16.0. The minimum absolute atomic E-state index is 0.0474. The van der Waals surface area contributed by atoms with Crippen molar-refractivity contribution in [3.63, 3.8) is 0 Å². The van der Waals surface area contributed by atoms with Crippen LogP contribution in [0.2, 0.25) is 0 Å². The zero-order valence-corrected chi connectivity index (χ0v) is 16.0. The van der Waals surface area contributed by atoms with Crippen LogP contribution in [0.1, 0.15) is 28.1 Å². The second-order valence-electron chi connectivity index (χ2n) is 6.49. The highest BCUT2D eigenvalue weighted by Crippen LogP contribution is 2.19. The fourth-order valence-corrected chi connectivity index (χ4v) is 2.80. The van der Waals surface area contributed by atoms with Crippen molar-refractivity contribution in [2.45, 2.75) is 19.8 Å². The van der Waals surface area contributed by atoms with E-state index in [-0.39, 0.29) is 5.75 Å². The van der Waals surface area contributed by atoms with Gasteiger partial charge in [0, 0.05) is 62.1 Å². The van der Waals surface area contributed by atoms with Crippen LogP contribution < -0.4 is 5.11 Å². The molecule has 0 bridgehead atoms. The minimum atomic E-state index is -0.0474. The standard InChI is InChI=1S/C23H24N4O/c1-18-14-19(16-24-12-8-21-6-2-4-10-26-21)23(28)20(15-18)17-25-13-9-22-7-3-5-11-27-22/h2-7,10-11,14-17,28H,8-9,12-13H2,1H3/p-1. The molecule has 0 atom stereocenters. The Kier molecular flexibility index (Phi) is 7.01. The molecule has 0 radical (unpaired) electrons. The number of rotatable bonds is 8. The van der Waals surface area contributed by atoms with Gasteiger partial charge in [0.05, 0.1) is 0 Å². The highest BCUT2D eigenvalue weighted by atomic mass is 16.3. The Morgan fingerprint density at radius 1 is 0.821 bits per heavy atom. The van der Waals surface area contributed by atoms with Crippen molar-refractivity contribution in [3.05, 3.63) is 89.0 Å². The maximum absolute atomic E-state index is 12.6. The molecule has 0 saturated carbocycles. The van der Waals surface area contributed by atoms with Crippen molar-refractivity contribution in [2.24, 2.45) is 9.98 Å². The van der Waals surface area contributed by atoms with Crippen molar-refractivity contribution in [2.75, 3.05) is 13.1 Å². The number of aromatic nitrogens is 2. The molecule has 0 aliphatic carbocycles. The lowest BCUT2D eigenvalue weighted by molar-refractivity contribution is -0.268. The number of hydrogen-bond donors (Lipinski definition) is 0. The Bertz CT molecular complexity index is 863. The van der Waals surface area contributed by atoms with E-state index in [4.69, 9.17) is 0 Å². The molecule has 0 fully saturated rings. The number of benzene rings is 1. The summed E-state index contributed by atoms with van der Waals surface area (Å²) in [6, 6.07) is 15.4. The minimum Gasteiger partial charge on any atom is -0.872 e. The van der Waals surface area contributed by atoms with Crippen LogP contribution in [0.3, 0.4) is 0 Å². The molecule has 0 saturated heterocycles. The summed E-state index contributed by atoms with van der Waals surface area (Å²) in [4.78, 5) is 17.3. The third-order valence-corrected chi connectivity index (χ3v) is 4.20. The van der Waals surface area contributed by atoms with Gasteiger partial charge in [-0.25, -0.2) is 0 Å². The average Bonchev–Trinajstić information content (AvgIpc) is 2.73. The summed E-state index contributed by atoms with van der Waals surface area (Å²) in [6.07, 6.45) is 8.36. The summed E-state index contributed by atoms with van der Waals surface area (Å²) in [7, 11) is 0. The molecule has 0 spiro atoms. The molecular formula is C23H23N4O-. The van der Waals surface area contributed by atoms with Crippen molar-refractivity contribution in [1.29, 1.82) is 0 Å². The summed E-state index contributed by atoms with van der Waals surface area (Å²) in [5.74, 6) is -0.0474. The normalized spacial score (nSPS) is 11.5. The molecule has 5 nitrogen and oxygen atoms in total. The highest BCUT2D eigenvalue weighted by Gasteiger charge is 1.99. The van der Waals surface area contributed by atoms with Gasteiger partial charge in [-0.2, -0.15) is 0 Å². The van der Waals surface area contributed by atoms with Crippen LogP contribution in [-0.2, 0) is 12.8 Å². The second-order valence-corrected chi connectivity index (χ2v) is 6.49. The number of pyridine rings is 2. The van der Waals surface area contributed by atoms with E-state index in [0.717, 1.165) is 29.8 Å². The third-order valence-electron chi connectivity index (χ3n) is 4.20. The Balaban J connectivity index is 1.60. The highest BCUT2D eigenvalue weighted by molar-refractivity contribution is 5.92. The third kappa shape index (κ3) is 5.84. The first-order valence-corrected chi connectivity index (χ1v) is 9.33. The first-order valence-electron chi connectivity index (χ1n) is 9.33. The fourth-order valence-electron chi connectivity index (χ4n) is 2.80. The van der Waals surface area contributed by atoms with Gasteiger partial charge in [-0.15, -0.1) is 0 Å². The maximum Gasteiger partial charge on any atom is 0.0445 e. The Morgan fingerprint density at radius 2 is 1.32 bits per heavy atom. The molecule has 3 rings (SSSR count). The summed E-state index contributed by atoms with van der Waals surface area (Å²) in [6.45, 7) is 3.16. The largest absolute Gasteiger partial charge is 0.872 e. The monoisotopic (exact) mass is 371 g/mol. The van der Waals surface area contributed by atoms with E-state index < -0.39 is 0 Å². The molecule has 0 aliphatic heterocycles. The van der Waals surface area contributed by atoms with Crippen LogP contribution in [0.4, 0.5) is 0 Å². The molecule has 0 amide bonds. The molecule has 142 valence electrons. The maximum atomic E-state index is 12.6. The van der Waals surface area contributed by atoms with E-state index in [9.17, 15) is 5.11 Å². The van der Waals surface area contributed by atoms with Gasteiger partial charge < -0.3 is 5.11 Å². The molecule has 2 aromatic heterocycles. The molecule has 0 N–H and O–H groups in total. The van der Waals surface area contributed by atoms with Crippen LogP contribution in [0.25, 0.3) is 0 Å². The van der Waals surface area contributed by atoms with Crippen molar-refractivity contribution in [1.82, 2.24) is 9.97 Å². The van der Waals surface area contributed by atoms with Crippen LogP contribution in [-0.4, -0.2) is 35.5 Å². The summed E-state index contributed by atoms with van der Waals surface area (Å²) >= 11 is 0. The van der Waals surface area contributed by atoms with Crippen LogP contribution in [0.15, 0.2) is 70.9 Å². The Hall–Kier alpha value is -3.34. The molecule has 28 heavy (non-hydrogen) atoms. The molecular weight excluding hydrogens is 348 g/mol. The fraction of sp³-hybridized carbons (Fsp3) is 0.217. The van der Waals surface area contributed by atoms with Crippen LogP contribution in [0, 0.1) is 6.92 Å². The molecule has 1 aromatic carbocycles. The Morgan fingerprint density at radius 3 is 1.75 bits per heavy atom. The van der Waals surface area contributed by atoms with Crippen molar-refractivity contribution in [3.8, 4) is 5.75 Å². The lowest BCUT2D eigenvalue weighted by Gasteiger charge is -2.15. The smallest absolute Gasteiger partial charge is 0.0445 e. The van der Waals surface area contributed by atoms with E-state index in [1.807, 2.05) is 55.5 Å². The van der Waals surface area contributed by atoms with Crippen molar-refractivity contribution < 1.29 is 5.11 Å². The quantitative estimate of drug-likeness (QED) is 0.571. The number of nitrogens with zero attached hydrogens (tertiary/aromatic N) is 4. The Labute approximate surface area is 165 Å². The lowest BCUT2D eigenvalue weighted by atomic mass is 10.1. The van der Waals surface area contributed by atoms with Gasteiger partial charge in [0.2, 0.25) is 0 Å². The molecule has 0 aliphatic rings. The summed E-state index contributed by atoms with van der Waals surface area (Å²) in [5.41, 5.74) is 4.18. The van der Waals surface area contributed by atoms with Gasteiger partial charge >= 0.3 is 0 Å². The molecule has 3 aromatic rings. The first kappa shape index (κ1) is 19.4. The predicted molar refractivity (Wildman–Crippen MR) is 111 cm³/mol. The van der Waals surface area contributed by atoms with Crippen molar-refractivity contribution >= 4 is 12.4 Å². The average molecular weight is 371 g/mol. The van der Waals surface area contributed by atoms with Gasteiger partial charge in [0.15, 0.2) is 0 Å². The SMILES string of the molecule is Cc1cc(C=NCCc2ccccn2)c([O-])c(C=NCCc2ccccn2)c1. The van der Waals surface area contributed by atoms with E-state index in [0.29, 0.717) is 24.2 Å². The van der Waals surface area contributed by atoms with E-state index >= 15 is 0 Å². The topological polar surface area (TPSA) is 73.6 Å². The van der Waals surface area contributed by atoms with E-state index in [1.165, 1.54) is 0 Å². The molecule has 0 unspecified atom stereocenters.